The fourth-order valence-electron chi connectivity index (χ4n) is 1.64. The van der Waals surface area contributed by atoms with Gasteiger partial charge in [0.25, 0.3) is 0 Å². The smallest absolute Gasteiger partial charge is 0.0886 e. The van der Waals surface area contributed by atoms with Gasteiger partial charge in [0.1, 0.15) is 0 Å². The predicted molar refractivity (Wildman–Crippen MR) is 66.7 cm³/mol. The number of aromatic nitrogens is 2. The van der Waals surface area contributed by atoms with Crippen molar-refractivity contribution in [3.63, 3.8) is 0 Å². The predicted octanol–water partition coefficient (Wildman–Crippen LogP) is 2.74. The van der Waals surface area contributed by atoms with Gasteiger partial charge in [-0.1, -0.05) is 15.9 Å². The van der Waals surface area contributed by atoms with Gasteiger partial charge >= 0.3 is 0 Å². The molecule has 1 heterocycles. The van der Waals surface area contributed by atoms with Gasteiger partial charge in [-0.2, -0.15) is 5.10 Å². The largest absolute Gasteiger partial charge is 0.390 e. The monoisotopic (exact) mass is 280 g/mol. The van der Waals surface area contributed by atoms with E-state index in [1.807, 2.05) is 36.7 Å². The molecule has 0 fully saturated rings. The summed E-state index contributed by atoms with van der Waals surface area (Å²) in [6.07, 6.45) is 0. The van der Waals surface area contributed by atoms with E-state index < -0.39 is 0 Å². The first-order chi connectivity index (χ1) is 7.61. The third-order valence-electron chi connectivity index (χ3n) is 2.49. The fourth-order valence-corrected chi connectivity index (χ4v) is 1.88. The molecule has 0 radical (unpaired) electrons. The van der Waals surface area contributed by atoms with Crippen LogP contribution < -0.4 is 0 Å². The Morgan fingerprint density at radius 2 is 2.06 bits per heavy atom. The molecule has 0 atom stereocenters. The van der Waals surface area contributed by atoms with Crippen molar-refractivity contribution in [3.8, 4) is 5.69 Å². The second kappa shape index (κ2) is 4.39. The third-order valence-corrected chi connectivity index (χ3v) is 3.38. The van der Waals surface area contributed by atoms with Crippen molar-refractivity contribution in [2.45, 2.75) is 20.5 Å². The maximum absolute atomic E-state index is 9.04. The molecule has 0 amide bonds. The lowest BCUT2D eigenvalue weighted by molar-refractivity contribution is 0.276. The summed E-state index contributed by atoms with van der Waals surface area (Å²) in [5.74, 6) is 0. The standard InChI is InChI=1S/C12H13BrN2O/c1-8-5-11(3-4-12(8)13)15-9(2)6-10(7-16)14-15/h3-6,16H,7H2,1-2H3. The number of rotatable bonds is 2. The second-order valence-corrected chi connectivity index (χ2v) is 4.63. The van der Waals surface area contributed by atoms with Crippen LogP contribution in [0.5, 0.6) is 0 Å². The van der Waals surface area contributed by atoms with Crippen molar-refractivity contribution < 1.29 is 5.11 Å². The number of aliphatic hydroxyl groups excluding tert-OH is 1. The highest BCUT2D eigenvalue weighted by Gasteiger charge is 2.06. The Balaban J connectivity index is 2.49. The summed E-state index contributed by atoms with van der Waals surface area (Å²) in [4.78, 5) is 0. The Hall–Kier alpha value is -1.13. The lowest BCUT2D eigenvalue weighted by atomic mass is 10.2. The molecule has 2 aromatic rings. The molecule has 0 bridgehead atoms. The van der Waals surface area contributed by atoms with Crippen LogP contribution >= 0.6 is 15.9 Å². The molecule has 0 aliphatic heterocycles. The molecule has 0 aliphatic carbocycles. The van der Waals surface area contributed by atoms with Gasteiger partial charge in [-0.3, -0.25) is 0 Å². The number of hydrogen-bond donors (Lipinski definition) is 1. The molecule has 0 unspecified atom stereocenters. The van der Waals surface area contributed by atoms with Crippen molar-refractivity contribution in [1.29, 1.82) is 0 Å². The maximum Gasteiger partial charge on any atom is 0.0886 e. The van der Waals surface area contributed by atoms with Crippen LogP contribution in [0.25, 0.3) is 5.69 Å². The number of halogens is 1. The molecule has 16 heavy (non-hydrogen) atoms. The highest BCUT2D eigenvalue weighted by molar-refractivity contribution is 9.10. The van der Waals surface area contributed by atoms with Crippen LogP contribution in [0.2, 0.25) is 0 Å². The second-order valence-electron chi connectivity index (χ2n) is 3.78. The molecule has 4 heteroatoms. The fraction of sp³-hybridized carbons (Fsp3) is 0.250. The number of nitrogens with zero attached hydrogens (tertiary/aromatic N) is 2. The van der Waals surface area contributed by atoms with Crippen LogP contribution in [0.4, 0.5) is 0 Å². The zero-order valence-corrected chi connectivity index (χ0v) is 10.8. The Bertz CT molecular complexity index is 520. The zero-order chi connectivity index (χ0) is 11.7. The average Bonchev–Trinajstić information content (AvgIpc) is 2.64. The minimum Gasteiger partial charge on any atom is -0.390 e. The van der Waals surface area contributed by atoms with Gasteiger partial charge in [0, 0.05) is 10.2 Å². The topological polar surface area (TPSA) is 38.0 Å². The van der Waals surface area contributed by atoms with Gasteiger partial charge in [0.2, 0.25) is 0 Å². The quantitative estimate of drug-likeness (QED) is 0.919. The van der Waals surface area contributed by atoms with E-state index in [-0.39, 0.29) is 6.61 Å². The van der Waals surface area contributed by atoms with E-state index in [1.54, 1.807) is 0 Å². The highest BCUT2D eigenvalue weighted by atomic mass is 79.9. The average molecular weight is 281 g/mol. The first-order valence-corrected chi connectivity index (χ1v) is 5.84. The van der Waals surface area contributed by atoms with Crippen molar-refractivity contribution >= 4 is 15.9 Å². The van der Waals surface area contributed by atoms with Crippen molar-refractivity contribution in [2.75, 3.05) is 0 Å². The molecular weight excluding hydrogens is 268 g/mol. The van der Waals surface area contributed by atoms with Crippen molar-refractivity contribution in [3.05, 3.63) is 45.7 Å². The number of aryl methyl sites for hydroxylation is 2. The van der Waals surface area contributed by atoms with Crippen LogP contribution in [-0.2, 0) is 6.61 Å². The summed E-state index contributed by atoms with van der Waals surface area (Å²) in [7, 11) is 0. The summed E-state index contributed by atoms with van der Waals surface area (Å²) in [5, 5.41) is 13.4. The molecular formula is C12H13BrN2O. The van der Waals surface area contributed by atoms with Gasteiger partial charge in [-0.25, -0.2) is 4.68 Å². The molecule has 0 saturated carbocycles. The molecule has 84 valence electrons. The molecule has 1 N–H and O–H groups in total. The molecule has 3 nitrogen and oxygen atoms in total. The molecule has 0 aliphatic rings. The molecule has 1 aromatic heterocycles. The Labute approximate surface area is 103 Å². The lowest BCUT2D eigenvalue weighted by Crippen LogP contribution is -2.00. The van der Waals surface area contributed by atoms with E-state index in [2.05, 4.69) is 27.1 Å². The van der Waals surface area contributed by atoms with Crippen molar-refractivity contribution in [2.24, 2.45) is 0 Å². The molecule has 2 rings (SSSR count). The zero-order valence-electron chi connectivity index (χ0n) is 9.24. The van der Waals surface area contributed by atoms with E-state index in [9.17, 15) is 0 Å². The minimum atomic E-state index is -0.0245. The molecule has 0 saturated heterocycles. The molecule has 1 aromatic carbocycles. The van der Waals surface area contributed by atoms with Crippen LogP contribution in [-0.4, -0.2) is 14.9 Å². The van der Waals surface area contributed by atoms with Gasteiger partial charge in [0.05, 0.1) is 18.0 Å². The van der Waals surface area contributed by atoms with Gasteiger partial charge in [-0.05, 0) is 43.7 Å². The van der Waals surface area contributed by atoms with Crippen LogP contribution in [0.3, 0.4) is 0 Å². The van der Waals surface area contributed by atoms with E-state index in [1.165, 1.54) is 0 Å². The first kappa shape index (κ1) is 11.4. The minimum absolute atomic E-state index is 0.0245. The first-order valence-electron chi connectivity index (χ1n) is 5.04. The van der Waals surface area contributed by atoms with E-state index >= 15 is 0 Å². The summed E-state index contributed by atoms with van der Waals surface area (Å²) in [5.41, 5.74) is 3.89. The third kappa shape index (κ3) is 2.03. The van der Waals surface area contributed by atoms with Crippen LogP contribution in [0.15, 0.2) is 28.7 Å². The van der Waals surface area contributed by atoms with Crippen molar-refractivity contribution in [1.82, 2.24) is 9.78 Å². The van der Waals surface area contributed by atoms with E-state index in [0.717, 1.165) is 21.4 Å². The van der Waals surface area contributed by atoms with Crippen LogP contribution in [0.1, 0.15) is 17.0 Å². The summed E-state index contributed by atoms with van der Waals surface area (Å²) in [6.45, 7) is 3.99. The van der Waals surface area contributed by atoms with E-state index in [4.69, 9.17) is 5.11 Å². The Morgan fingerprint density at radius 3 is 2.62 bits per heavy atom. The van der Waals surface area contributed by atoms with Crippen LogP contribution in [0, 0.1) is 13.8 Å². The normalized spacial score (nSPS) is 10.8. The lowest BCUT2D eigenvalue weighted by Gasteiger charge is -2.06. The van der Waals surface area contributed by atoms with Gasteiger partial charge in [0.15, 0.2) is 0 Å². The van der Waals surface area contributed by atoms with Gasteiger partial charge < -0.3 is 5.11 Å². The summed E-state index contributed by atoms with van der Waals surface area (Å²) < 4.78 is 2.92. The SMILES string of the molecule is Cc1cc(-n2nc(CO)cc2C)ccc1Br. The number of benzene rings is 1. The molecule has 0 spiro atoms. The summed E-state index contributed by atoms with van der Waals surface area (Å²) in [6, 6.07) is 7.95. The van der Waals surface area contributed by atoms with E-state index in [0.29, 0.717) is 5.69 Å². The summed E-state index contributed by atoms with van der Waals surface area (Å²) >= 11 is 3.47. The number of aliphatic hydroxyl groups is 1. The Morgan fingerprint density at radius 1 is 1.31 bits per heavy atom. The maximum atomic E-state index is 9.04. The van der Waals surface area contributed by atoms with Gasteiger partial charge in [-0.15, -0.1) is 0 Å². The Kier molecular flexibility index (Phi) is 3.12. The highest BCUT2D eigenvalue weighted by Crippen LogP contribution is 2.20. The number of hydrogen-bond acceptors (Lipinski definition) is 2.